The molecule has 0 unspecified atom stereocenters. The number of aryl methyl sites for hydroxylation is 1. The van der Waals surface area contributed by atoms with Crippen LogP contribution in [0.5, 0.6) is 0 Å². The maximum Gasteiger partial charge on any atom is 0.173 e. The standard InChI is InChI=1S/C15H12Cl2OS/c1-10-5-6-11(7-14(10)17)15(18)9-19-13-4-2-3-12(16)8-13/h2-8H,9H2,1H3. The molecule has 1 nitrogen and oxygen atoms in total. The number of ketones is 1. The van der Waals surface area contributed by atoms with E-state index >= 15 is 0 Å². The minimum Gasteiger partial charge on any atom is -0.293 e. The zero-order chi connectivity index (χ0) is 13.8. The minimum atomic E-state index is 0.0619. The van der Waals surface area contributed by atoms with Gasteiger partial charge in [0.2, 0.25) is 0 Å². The normalized spacial score (nSPS) is 10.5. The highest BCUT2D eigenvalue weighted by atomic mass is 35.5. The van der Waals surface area contributed by atoms with Crippen LogP contribution in [0.1, 0.15) is 15.9 Å². The molecule has 0 spiro atoms. The fraction of sp³-hybridized carbons (Fsp3) is 0.133. The molecule has 0 aliphatic rings. The molecular formula is C15H12Cl2OS. The second-order valence-corrected chi connectivity index (χ2v) is 6.03. The minimum absolute atomic E-state index is 0.0619. The number of carbonyl (C=O) groups is 1. The lowest BCUT2D eigenvalue weighted by Crippen LogP contribution is -2.02. The molecule has 0 radical (unpaired) electrons. The van der Waals surface area contributed by atoms with Gasteiger partial charge in [0.1, 0.15) is 0 Å². The number of thioether (sulfide) groups is 1. The predicted octanol–water partition coefficient (Wildman–Crippen LogP) is 5.28. The van der Waals surface area contributed by atoms with E-state index in [-0.39, 0.29) is 5.78 Å². The van der Waals surface area contributed by atoms with Crippen LogP contribution < -0.4 is 0 Å². The van der Waals surface area contributed by atoms with Crippen molar-refractivity contribution in [3.63, 3.8) is 0 Å². The van der Waals surface area contributed by atoms with E-state index in [2.05, 4.69) is 0 Å². The van der Waals surface area contributed by atoms with Gasteiger partial charge in [-0.15, -0.1) is 11.8 Å². The van der Waals surface area contributed by atoms with E-state index in [1.165, 1.54) is 11.8 Å². The monoisotopic (exact) mass is 310 g/mol. The average molecular weight is 311 g/mol. The van der Waals surface area contributed by atoms with Gasteiger partial charge in [-0.05, 0) is 36.8 Å². The average Bonchev–Trinajstić information content (AvgIpc) is 2.39. The Balaban J connectivity index is 2.03. The molecule has 98 valence electrons. The summed E-state index contributed by atoms with van der Waals surface area (Å²) in [4.78, 5) is 13.0. The maximum atomic E-state index is 12.1. The van der Waals surface area contributed by atoms with Crippen LogP contribution in [0.2, 0.25) is 10.0 Å². The van der Waals surface area contributed by atoms with Crippen molar-refractivity contribution in [1.29, 1.82) is 0 Å². The first kappa shape index (κ1) is 14.4. The molecule has 0 fully saturated rings. The van der Waals surface area contributed by atoms with E-state index in [9.17, 15) is 4.79 Å². The molecule has 0 bridgehead atoms. The molecule has 4 heteroatoms. The zero-order valence-electron chi connectivity index (χ0n) is 10.3. The van der Waals surface area contributed by atoms with Crippen LogP contribution in [0.25, 0.3) is 0 Å². The van der Waals surface area contributed by atoms with E-state index in [0.29, 0.717) is 21.4 Å². The second kappa shape index (κ2) is 6.47. The topological polar surface area (TPSA) is 17.1 Å². The summed E-state index contributed by atoms with van der Waals surface area (Å²) >= 11 is 13.4. The summed E-state index contributed by atoms with van der Waals surface area (Å²) in [6.07, 6.45) is 0. The third kappa shape index (κ3) is 4.00. The number of hydrogen-bond acceptors (Lipinski definition) is 2. The number of hydrogen-bond donors (Lipinski definition) is 0. The molecule has 0 atom stereocenters. The molecule has 0 aromatic heterocycles. The molecule has 0 heterocycles. The molecule has 0 aliphatic carbocycles. The summed E-state index contributed by atoms with van der Waals surface area (Å²) in [6, 6.07) is 12.9. The quantitative estimate of drug-likeness (QED) is 0.564. The summed E-state index contributed by atoms with van der Waals surface area (Å²) in [5.41, 5.74) is 1.62. The molecular weight excluding hydrogens is 299 g/mol. The first-order chi connectivity index (χ1) is 9.06. The maximum absolute atomic E-state index is 12.1. The molecule has 19 heavy (non-hydrogen) atoms. The highest BCUT2D eigenvalue weighted by Crippen LogP contribution is 2.23. The lowest BCUT2D eigenvalue weighted by Gasteiger charge is -2.04. The van der Waals surface area contributed by atoms with Crippen molar-refractivity contribution in [2.75, 3.05) is 5.75 Å². The number of carbonyl (C=O) groups excluding carboxylic acids is 1. The van der Waals surface area contributed by atoms with Crippen LogP contribution in [-0.2, 0) is 0 Å². The van der Waals surface area contributed by atoms with Gasteiger partial charge in [-0.3, -0.25) is 4.79 Å². The summed E-state index contributed by atoms with van der Waals surface area (Å²) in [6.45, 7) is 1.91. The van der Waals surface area contributed by atoms with Gasteiger partial charge in [0.05, 0.1) is 5.75 Å². The van der Waals surface area contributed by atoms with Gasteiger partial charge in [-0.2, -0.15) is 0 Å². The molecule has 0 aliphatic heterocycles. The molecule has 0 saturated carbocycles. The Morgan fingerprint density at radius 3 is 2.63 bits per heavy atom. The van der Waals surface area contributed by atoms with Crippen molar-refractivity contribution >= 4 is 40.7 Å². The highest BCUT2D eigenvalue weighted by Gasteiger charge is 2.08. The smallest absolute Gasteiger partial charge is 0.173 e. The number of halogens is 2. The van der Waals surface area contributed by atoms with Gasteiger partial charge in [0, 0.05) is 20.5 Å². The zero-order valence-corrected chi connectivity index (χ0v) is 12.6. The number of rotatable bonds is 4. The fourth-order valence-corrected chi connectivity index (χ4v) is 2.84. The number of benzene rings is 2. The van der Waals surface area contributed by atoms with Crippen molar-refractivity contribution in [3.8, 4) is 0 Å². The van der Waals surface area contributed by atoms with Crippen molar-refractivity contribution in [1.82, 2.24) is 0 Å². The third-order valence-electron chi connectivity index (χ3n) is 2.66. The van der Waals surface area contributed by atoms with Crippen molar-refractivity contribution in [3.05, 3.63) is 63.6 Å². The highest BCUT2D eigenvalue weighted by molar-refractivity contribution is 8.00. The van der Waals surface area contributed by atoms with Crippen molar-refractivity contribution < 1.29 is 4.79 Å². The van der Waals surface area contributed by atoms with Gasteiger partial charge in [-0.1, -0.05) is 41.4 Å². The molecule has 0 amide bonds. The Morgan fingerprint density at radius 2 is 1.95 bits per heavy atom. The van der Waals surface area contributed by atoms with Gasteiger partial charge < -0.3 is 0 Å². The van der Waals surface area contributed by atoms with Crippen LogP contribution in [0.15, 0.2) is 47.4 Å². The SMILES string of the molecule is Cc1ccc(C(=O)CSc2cccc(Cl)c2)cc1Cl. The Morgan fingerprint density at radius 1 is 1.16 bits per heavy atom. The lowest BCUT2D eigenvalue weighted by molar-refractivity contribution is 0.102. The third-order valence-corrected chi connectivity index (χ3v) is 4.30. The fourth-order valence-electron chi connectivity index (χ4n) is 1.56. The summed E-state index contributed by atoms with van der Waals surface area (Å²) in [7, 11) is 0. The second-order valence-electron chi connectivity index (χ2n) is 4.13. The molecule has 2 aromatic rings. The summed E-state index contributed by atoms with van der Waals surface area (Å²) < 4.78 is 0. The Bertz CT molecular complexity index is 611. The van der Waals surface area contributed by atoms with E-state index in [1.54, 1.807) is 6.07 Å². The van der Waals surface area contributed by atoms with Gasteiger partial charge in [-0.25, -0.2) is 0 Å². The van der Waals surface area contributed by atoms with Crippen LogP contribution in [0.3, 0.4) is 0 Å². The largest absolute Gasteiger partial charge is 0.293 e. The van der Waals surface area contributed by atoms with Crippen molar-refractivity contribution in [2.24, 2.45) is 0 Å². The Hall–Kier alpha value is -0.960. The molecule has 2 rings (SSSR count). The first-order valence-electron chi connectivity index (χ1n) is 5.74. The predicted molar refractivity (Wildman–Crippen MR) is 82.7 cm³/mol. The van der Waals surface area contributed by atoms with Gasteiger partial charge in [0.15, 0.2) is 5.78 Å². The molecule has 0 N–H and O–H groups in total. The lowest BCUT2D eigenvalue weighted by atomic mass is 10.1. The first-order valence-corrected chi connectivity index (χ1v) is 7.48. The Kier molecular flexibility index (Phi) is 4.92. The van der Waals surface area contributed by atoms with Crippen LogP contribution in [-0.4, -0.2) is 11.5 Å². The van der Waals surface area contributed by atoms with Crippen LogP contribution in [0, 0.1) is 6.92 Å². The number of Topliss-reactive ketones (excluding diaryl/α,β-unsaturated/α-hetero) is 1. The molecule has 0 saturated heterocycles. The summed E-state index contributed by atoms with van der Waals surface area (Å²) in [5, 5.41) is 1.30. The van der Waals surface area contributed by atoms with Gasteiger partial charge >= 0.3 is 0 Å². The van der Waals surface area contributed by atoms with Crippen LogP contribution in [0.4, 0.5) is 0 Å². The van der Waals surface area contributed by atoms with E-state index < -0.39 is 0 Å². The van der Waals surface area contributed by atoms with Crippen LogP contribution >= 0.6 is 35.0 Å². The van der Waals surface area contributed by atoms with E-state index in [0.717, 1.165) is 10.5 Å². The van der Waals surface area contributed by atoms with Gasteiger partial charge in [0.25, 0.3) is 0 Å². The van der Waals surface area contributed by atoms with Crippen molar-refractivity contribution in [2.45, 2.75) is 11.8 Å². The van der Waals surface area contributed by atoms with E-state index in [4.69, 9.17) is 23.2 Å². The van der Waals surface area contributed by atoms with E-state index in [1.807, 2.05) is 43.3 Å². The molecule has 2 aromatic carbocycles. The summed E-state index contributed by atoms with van der Waals surface area (Å²) in [5.74, 6) is 0.437. The Labute approximate surface area is 126 Å².